The molecule has 0 rings (SSSR count). The third-order valence-corrected chi connectivity index (χ3v) is 16.2. The Labute approximate surface area is 457 Å². The van der Waals surface area contributed by atoms with Crippen molar-refractivity contribution in [2.24, 2.45) is 0 Å². The first-order valence-corrected chi connectivity index (χ1v) is 34.6. The molecule has 0 aromatic heterocycles. The van der Waals surface area contributed by atoms with Crippen molar-refractivity contribution < 1.29 is 14.2 Å². The van der Waals surface area contributed by atoms with Crippen LogP contribution < -0.4 is 0 Å². The van der Waals surface area contributed by atoms with E-state index < -0.39 is 0 Å². The predicted octanol–water partition coefficient (Wildman–Crippen LogP) is 24.9. The lowest BCUT2D eigenvalue weighted by molar-refractivity contribution is -0.0616. The maximum atomic E-state index is 6.42. The lowest BCUT2D eigenvalue weighted by Gasteiger charge is -2.18. The highest BCUT2D eigenvalue weighted by Crippen LogP contribution is 2.19. The Morgan fingerprint density at radius 3 is 0.472 bits per heavy atom. The van der Waals surface area contributed by atoms with Gasteiger partial charge in [-0.2, -0.15) is 0 Å². The second-order valence-electron chi connectivity index (χ2n) is 23.8. The van der Waals surface area contributed by atoms with Gasteiger partial charge in [-0.05, 0) is 19.3 Å². The van der Waals surface area contributed by atoms with Crippen molar-refractivity contribution in [1.29, 1.82) is 0 Å². The van der Waals surface area contributed by atoms with Crippen LogP contribution in [0.3, 0.4) is 0 Å². The maximum absolute atomic E-state index is 6.42. The van der Waals surface area contributed by atoms with Crippen molar-refractivity contribution >= 4 is 0 Å². The Kier molecular flexibility index (Phi) is 68.8. The molecule has 0 radical (unpaired) electrons. The topological polar surface area (TPSA) is 27.7 Å². The molecule has 3 nitrogen and oxygen atoms in total. The molecule has 0 spiro atoms. The Morgan fingerprint density at radius 1 is 0.167 bits per heavy atom. The summed E-state index contributed by atoms with van der Waals surface area (Å²) in [5.41, 5.74) is 0. The third-order valence-electron chi connectivity index (χ3n) is 16.2. The van der Waals surface area contributed by atoms with Gasteiger partial charge in [-0.3, -0.25) is 0 Å². The Hall–Kier alpha value is -0.120. The molecule has 0 fully saturated rings. The summed E-state index contributed by atoms with van der Waals surface area (Å²) >= 11 is 0. The molecule has 0 unspecified atom stereocenters. The first-order chi connectivity index (χ1) is 35.8. The van der Waals surface area contributed by atoms with Crippen molar-refractivity contribution in [2.45, 2.75) is 412 Å². The Balaban J connectivity index is 3.98. The highest BCUT2D eigenvalue weighted by molar-refractivity contribution is 4.59. The van der Waals surface area contributed by atoms with Gasteiger partial charge >= 0.3 is 0 Å². The monoisotopic (exact) mass is 1020 g/mol. The lowest BCUT2D eigenvalue weighted by atomic mass is 10.0. The number of rotatable bonds is 68. The van der Waals surface area contributed by atoms with Gasteiger partial charge in [0.2, 0.25) is 0 Å². The molecule has 0 aliphatic carbocycles. The highest BCUT2D eigenvalue weighted by atomic mass is 16.6. The molecule has 434 valence electrons. The first kappa shape index (κ1) is 71.9. The summed E-state index contributed by atoms with van der Waals surface area (Å²) in [6.45, 7) is 10.9. The average molecular weight is 1020 g/mol. The summed E-state index contributed by atoms with van der Waals surface area (Å²) < 4.78 is 18.9. The van der Waals surface area contributed by atoms with Gasteiger partial charge in [-0.15, -0.1) is 0 Å². The van der Waals surface area contributed by atoms with Crippen molar-refractivity contribution in [3.63, 3.8) is 0 Å². The van der Waals surface area contributed by atoms with E-state index in [0.717, 1.165) is 19.8 Å². The van der Waals surface area contributed by atoms with E-state index in [0.29, 0.717) is 13.2 Å². The van der Waals surface area contributed by atoms with Crippen LogP contribution in [0, 0.1) is 0 Å². The first-order valence-electron chi connectivity index (χ1n) is 34.6. The average Bonchev–Trinajstić information content (AvgIpc) is 3.39. The van der Waals surface area contributed by atoms with Crippen LogP contribution in [0.15, 0.2) is 0 Å². The zero-order chi connectivity index (χ0) is 51.7. The summed E-state index contributed by atoms with van der Waals surface area (Å²) in [5.74, 6) is 0. The van der Waals surface area contributed by atoms with Crippen LogP contribution in [0.25, 0.3) is 0 Å². The summed E-state index contributed by atoms with van der Waals surface area (Å²) in [5, 5.41) is 0. The fourth-order valence-electron chi connectivity index (χ4n) is 11.1. The molecule has 3 heteroatoms. The predicted molar refractivity (Wildman–Crippen MR) is 325 cm³/mol. The van der Waals surface area contributed by atoms with E-state index in [1.807, 2.05) is 0 Å². The molecule has 0 aromatic rings. The van der Waals surface area contributed by atoms with E-state index in [1.54, 1.807) is 0 Å². The smallest absolute Gasteiger partial charge is 0.104 e. The molecule has 0 amide bonds. The quantitative estimate of drug-likeness (QED) is 0.0568. The fraction of sp³-hybridized carbons (Fsp3) is 1.00. The van der Waals surface area contributed by atoms with E-state index in [4.69, 9.17) is 14.2 Å². The molecule has 0 heterocycles. The Bertz CT molecular complexity index is 843. The molecule has 0 aromatic carbocycles. The number of unbranched alkanes of at least 4 members (excludes halogenated alkanes) is 57. The minimum atomic E-state index is 0.0838. The second-order valence-corrected chi connectivity index (χ2v) is 23.8. The van der Waals surface area contributed by atoms with E-state index in [-0.39, 0.29) is 6.10 Å². The SMILES string of the molecule is CCCCCCCCCCCCCCCCCCCCCCOCC(COCCCCCCCCCCCCCCCCCCCCCC)OCCCCCCCCCCCCCCCCCCCCCC. The van der Waals surface area contributed by atoms with Gasteiger partial charge < -0.3 is 14.2 Å². The van der Waals surface area contributed by atoms with Gasteiger partial charge in [0.25, 0.3) is 0 Å². The second kappa shape index (κ2) is 68.9. The van der Waals surface area contributed by atoms with Crippen LogP contribution in [0.2, 0.25) is 0 Å². The number of hydrogen-bond acceptors (Lipinski definition) is 3. The van der Waals surface area contributed by atoms with Crippen LogP contribution in [-0.2, 0) is 14.2 Å². The van der Waals surface area contributed by atoms with Gasteiger partial charge in [0.05, 0.1) is 13.2 Å². The van der Waals surface area contributed by atoms with Gasteiger partial charge in [0.15, 0.2) is 0 Å². The van der Waals surface area contributed by atoms with Gasteiger partial charge in [-0.25, -0.2) is 0 Å². The number of hydrogen-bond donors (Lipinski definition) is 0. The molecule has 0 saturated carbocycles. The lowest BCUT2D eigenvalue weighted by Crippen LogP contribution is -2.26. The maximum Gasteiger partial charge on any atom is 0.104 e. The molecule has 0 aliphatic rings. The van der Waals surface area contributed by atoms with E-state index in [1.165, 1.54) is 385 Å². The molecule has 0 saturated heterocycles. The fourth-order valence-corrected chi connectivity index (χ4v) is 11.1. The van der Waals surface area contributed by atoms with Crippen LogP contribution in [0.1, 0.15) is 406 Å². The molecule has 0 atom stereocenters. The Morgan fingerprint density at radius 2 is 0.306 bits per heavy atom. The van der Waals surface area contributed by atoms with Crippen molar-refractivity contribution in [2.75, 3.05) is 33.0 Å². The summed E-state index contributed by atoms with van der Waals surface area (Å²) in [6, 6.07) is 0. The van der Waals surface area contributed by atoms with Gasteiger partial charge in [0.1, 0.15) is 6.10 Å². The third kappa shape index (κ3) is 66.0. The van der Waals surface area contributed by atoms with Crippen LogP contribution in [0.4, 0.5) is 0 Å². The van der Waals surface area contributed by atoms with Crippen molar-refractivity contribution in [3.8, 4) is 0 Å². The molecule has 72 heavy (non-hydrogen) atoms. The van der Waals surface area contributed by atoms with Gasteiger partial charge in [-0.1, -0.05) is 387 Å². The minimum Gasteiger partial charge on any atom is -0.379 e. The molecule has 0 bridgehead atoms. The van der Waals surface area contributed by atoms with E-state index in [9.17, 15) is 0 Å². The van der Waals surface area contributed by atoms with Crippen molar-refractivity contribution in [1.82, 2.24) is 0 Å². The molecule has 0 aliphatic heterocycles. The molecule has 0 N–H and O–H groups in total. The summed E-state index contributed by atoms with van der Waals surface area (Å²) in [4.78, 5) is 0. The van der Waals surface area contributed by atoms with Crippen LogP contribution in [-0.4, -0.2) is 39.1 Å². The zero-order valence-corrected chi connectivity index (χ0v) is 50.8. The molecular weight excluding hydrogens is 877 g/mol. The molecular formula is C69H140O3. The minimum absolute atomic E-state index is 0.0838. The normalized spacial score (nSPS) is 11.8. The number of ether oxygens (including phenoxy) is 3. The summed E-state index contributed by atoms with van der Waals surface area (Å²) in [7, 11) is 0. The van der Waals surface area contributed by atoms with Crippen LogP contribution >= 0.6 is 0 Å². The summed E-state index contributed by atoms with van der Waals surface area (Å²) in [6.07, 6.45) is 85.5. The van der Waals surface area contributed by atoms with Crippen molar-refractivity contribution in [3.05, 3.63) is 0 Å². The van der Waals surface area contributed by atoms with E-state index >= 15 is 0 Å². The largest absolute Gasteiger partial charge is 0.379 e. The van der Waals surface area contributed by atoms with Gasteiger partial charge in [0, 0.05) is 19.8 Å². The van der Waals surface area contributed by atoms with E-state index in [2.05, 4.69) is 20.8 Å². The standard InChI is InChI=1S/C69H140O3/c1-4-7-10-13-16-19-22-25-28-31-34-37-40-43-46-49-52-55-58-61-64-70-67-69(72-66-63-60-57-54-51-48-45-42-39-36-33-30-27-24-21-18-15-12-9-6-3)68-71-65-62-59-56-53-50-47-44-41-38-35-32-29-26-23-20-17-14-11-8-5-2/h69H,4-68H2,1-3H3. The zero-order valence-electron chi connectivity index (χ0n) is 50.8. The highest BCUT2D eigenvalue weighted by Gasteiger charge is 2.11. The van der Waals surface area contributed by atoms with Crippen LogP contribution in [0.5, 0.6) is 0 Å².